The molecule has 146 valence electrons. The molecule has 9 heteroatoms. The maximum Gasteiger partial charge on any atom is 0.347 e. The van der Waals surface area contributed by atoms with Gasteiger partial charge in [-0.3, -0.25) is 25.0 Å². The Morgan fingerprint density at radius 1 is 0.966 bits per heavy atom. The predicted octanol–water partition coefficient (Wildman–Crippen LogP) is 2.75. The molecule has 0 aliphatic rings. The number of rotatable bonds is 7. The van der Waals surface area contributed by atoms with Crippen LogP contribution in [0.1, 0.15) is 15.9 Å². The molecular weight excluding hydrogens is 376 g/mol. The van der Waals surface area contributed by atoms with Gasteiger partial charge in [0.2, 0.25) is 0 Å². The molecule has 1 N–H and O–H groups in total. The third-order valence-corrected chi connectivity index (χ3v) is 4.24. The van der Waals surface area contributed by atoms with Gasteiger partial charge in [-0.05, 0) is 24.6 Å². The predicted molar refractivity (Wildman–Crippen MR) is 104 cm³/mol. The first-order valence-corrected chi connectivity index (χ1v) is 8.72. The highest BCUT2D eigenvalue weighted by Crippen LogP contribution is 2.24. The molecule has 0 unspecified atom stereocenters. The number of aromatic nitrogens is 1. The molecule has 3 rings (SSSR count). The lowest BCUT2D eigenvalue weighted by molar-refractivity contribution is -0.601. The Balaban J connectivity index is 1.75. The number of carbonyl (C=O) groups excluding carboxylic acids is 1. The Hall–Kier alpha value is -4.14. The van der Waals surface area contributed by atoms with Gasteiger partial charge in [0, 0.05) is 35.9 Å². The lowest BCUT2D eigenvalue weighted by Crippen LogP contribution is -2.32. The van der Waals surface area contributed by atoms with Gasteiger partial charge in [-0.1, -0.05) is 18.2 Å². The van der Waals surface area contributed by atoms with Gasteiger partial charge in [0.25, 0.3) is 17.3 Å². The molecule has 0 atom stereocenters. The van der Waals surface area contributed by atoms with Crippen LogP contribution in [0.4, 0.5) is 11.4 Å². The van der Waals surface area contributed by atoms with Crippen molar-refractivity contribution in [2.75, 3.05) is 6.54 Å². The molecule has 0 radical (unpaired) electrons. The lowest BCUT2D eigenvalue weighted by Gasteiger charge is -2.05. The Morgan fingerprint density at radius 3 is 2.41 bits per heavy atom. The van der Waals surface area contributed by atoms with Gasteiger partial charge in [-0.2, -0.15) is 4.57 Å². The van der Waals surface area contributed by atoms with Crippen molar-refractivity contribution < 1.29 is 19.2 Å². The topological polar surface area (TPSA) is 119 Å². The summed E-state index contributed by atoms with van der Waals surface area (Å²) in [5, 5.41) is 25.1. The molecular formula is C20H17N4O5+. The summed E-state index contributed by atoms with van der Waals surface area (Å²) >= 11 is 0. The fraction of sp³-hybridized carbons (Fsp3) is 0.100. The number of nitrogens with one attached hydrogen (secondary N) is 1. The second-order valence-corrected chi connectivity index (χ2v) is 6.18. The second-order valence-electron chi connectivity index (χ2n) is 6.18. The number of hydrogen-bond donors (Lipinski definition) is 1. The van der Waals surface area contributed by atoms with Crippen molar-refractivity contribution in [1.82, 2.24) is 5.32 Å². The van der Waals surface area contributed by atoms with E-state index in [1.165, 1.54) is 16.7 Å². The Labute approximate surface area is 165 Å². The third-order valence-electron chi connectivity index (χ3n) is 4.24. The van der Waals surface area contributed by atoms with E-state index in [0.29, 0.717) is 18.5 Å². The Kier molecular flexibility index (Phi) is 5.88. The van der Waals surface area contributed by atoms with E-state index in [-0.39, 0.29) is 23.0 Å². The summed E-state index contributed by atoms with van der Waals surface area (Å²) in [6.07, 6.45) is 3.84. The third kappa shape index (κ3) is 4.78. The molecule has 1 heterocycles. The minimum Gasteiger partial charge on any atom is -0.352 e. The molecule has 0 aliphatic heterocycles. The van der Waals surface area contributed by atoms with Crippen LogP contribution in [0.15, 0.2) is 73.1 Å². The summed E-state index contributed by atoms with van der Waals surface area (Å²) in [4.78, 5) is 33.0. The largest absolute Gasteiger partial charge is 0.352 e. The Bertz CT molecular complexity index is 1070. The average Bonchev–Trinajstić information content (AvgIpc) is 2.74. The minimum atomic E-state index is -0.673. The molecule has 3 aromatic rings. The van der Waals surface area contributed by atoms with E-state index in [0.717, 1.165) is 11.6 Å². The maximum atomic E-state index is 12.1. The van der Waals surface area contributed by atoms with E-state index in [4.69, 9.17) is 0 Å². The fourth-order valence-corrected chi connectivity index (χ4v) is 2.82. The van der Waals surface area contributed by atoms with Gasteiger partial charge in [0.1, 0.15) is 6.07 Å². The normalized spacial score (nSPS) is 10.3. The lowest BCUT2D eigenvalue weighted by atomic mass is 10.1. The fourth-order valence-electron chi connectivity index (χ4n) is 2.82. The van der Waals surface area contributed by atoms with Crippen molar-refractivity contribution in [2.45, 2.75) is 6.42 Å². The summed E-state index contributed by atoms with van der Waals surface area (Å²) in [7, 11) is 0. The van der Waals surface area contributed by atoms with Gasteiger partial charge in [0.05, 0.1) is 9.85 Å². The molecule has 0 fully saturated rings. The number of benzene rings is 2. The van der Waals surface area contributed by atoms with Crippen LogP contribution < -0.4 is 9.88 Å². The van der Waals surface area contributed by atoms with Crippen LogP contribution in [-0.2, 0) is 6.42 Å². The SMILES string of the molecule is O=C(NCCc1ccc[n+](-c2ccc([N+](=O)[O-])cc2[N+](=O)[O-])c1)c1ccccc1. The van der Waals surface area contributed by atoms with E-state index in [2.05, 4.69) is 5.32 Å². The van der Waals surface area contributed by atoms with E-state index in [1.54, 1.807) is 42.7 Å². The summed E-state index contributed by atoms with van der Waals surface area (Å²) in [5.41, 5.74) is 0.918. The summed E-state index contributed by atoms with van der Waals surface area (Å²) in [6, 6.07) is 15.9. The maximum absolute atomic E-state index is 12.1. The standard InChI is InChI=1S/C20H16N4O5/c25-20(16-6-2-1-3-7-16)21-11-10-15-5-4-12-22(14-15)18-9-8-17(23(26)27)13-19(18)24(28)29/h1-9,12-14H,10-11H2/p+1. The molecule has 9 nitrogen and oxygen atoms in total. The molecule has 0 saturated heterocycles. The van der Waals surface area contributed by atoms with Crippen LogP contribution in [0.2, 0.25) is 0 Å². The molecule has 1 amide bonds. The monoisotopic (exact) mass is 393 g/mol. The highest BCUT2D eigenvalue weighted by molar-refractivity contribution is 5.94. The van der Waals surface area contributed by atoms with Crippen molar-refractivity contribution in [2.24, 2.45) is 0 Å². The first-order valence-electron chi connectivity index (χ1n) is 8.72. The van der Waals surface area contributed by atoms with Gasteiger partial charge < -0.3 is 5.32 Å². The number of nitrogens with zero attached hydrogens (tertiary/aromatic N) is 3. The summed E-state index contributed by atoms with van der Waals surface area (Å²) in [5.74, 6) is -0.180. The van der Waals surface area contributed by atoms with E-state index in [9.17, 15) is 25.0 Å². The first-order chi connectivity index (χ1) is 14.0. The number of nitro groups is 2. The zero-order chi connectivity index (χ0) is 20.8. The van der Waals surface area contributed by atoms with Gasteiger partial charge in [-0.15, -0.1) is 0 Å². The summed E-state index contributed by atoms with van der Waals surface area (Å²) in [6.45, 7) is 0.389. The number of hydrogen-bond acceptors (Lipinski definition) is 5. The minimum absolute atomic E-state index is 0.180. The molecule has 2 aromatic carbocycles. The van der Waals surface area contributed by atoms with Crippen LogP contribution in [-0.4, -0.2) is 22.3 Å². The van der Waals surface area contributed by atoms with Crippen molar-refractivity contribution in [3.63, 3.8) is 0 Å². The van der Waals surface area contributed by atoms with E-state index < -0.39 is 9.85 Å². The molecule has 1 aromatic heterocycles. The molecule has 0 bridgehead atoms. The van der Waals surface area contributed by atoms with Crippen LogP contribution >= 0.6 is 0 Å². The highest BCUT2D eigenvalue weighted by atomic mass is 16.6. The molecule has 0 spiro atoms. The molecule has 0 saturated carbocycles. The van der Waals surface area contributed by atoms with Crippen LogP contribution in [0, 0.1) is 20.2 Å². The van der Waals surface area contributed by atoms with Gasteiger partial charge in [0.15, 0.2) is 12.4 Å². The van der Waals surface area contributed by atoms with Gasteiger partial charge >= 0.3 is 5.69 Å². The number of non-ortho nitro benzene ring substituents is 1. The van der Waals surface area contributed by atoms with Crippen molar-refractivity contribution in [3.8, 4) is 5.69 Å². The van der Waals surface area contributed by atoms with Crippen LogP contribution in [0.3, 0.4) is 0 Å². The van der Waals surface area contributed by atoms with E-state index >= 15 is 0 Å². The zero-order valence-corrected chi connectivity index (χ0v) is 15.2. The first kappa shape index (κ1) is 19.6. The van der Waals surface area contributed by atoms with Crippen molar-refractivity contribution in [1.29, 1.82) is 0 Å². The number of pyridine rings is 1. The second kappa shape index (κ2) is 8.70. The van der Waals surface area contributed by atoms with Crippen LogP contribution in [0.5, 0.6) is 0 Å². The Morgan fingerprint density at radius 2 is 1.72 bits per heavy atom. The van der Waals surface area contributed by atoms with Crippen molar-refractivity contribution >= 4 is 17.3 Å². The van der Waals surface area contributed by atoms with Gasteiger partial charge in [-0.25, -0.2) is 0 Å². The molecule has 29 heavy (non-hydrogen) atoms. The quantitative estimate of drug-likeness (QED) is 0.376. The average molecular weight is 393 g/mol. The smallest absolute Gasteiger partial charge is 0.347 e. The summed E-state index contributed by atoms with van der Waals surface area (Å²) < 4.78 is 1.54. The van der Waals surface area contributed by atoms with E-state index in [1.807, 2.05) is 12.1 Å². The van der Waals surface area contributed by atoms with Crippen molar-refractivity contribution in [3.05, 3.63) is 104 Å². The number of amides is 1. The zero-order valence-electron chi connectivity index (χ0n) is 15.2. The van der Waals surface area contributed by atoms with Crippen LogP contribution in [0.25, 0.3) is 5.69 Å². The highest BCUT2D eigenvalue weighted by Gasteiger charge is 2.26. The molecule has 0 aliphatic carbocycles. The number of nitro benzene ring substituents is 2. The number of carbonyl (C=O) groups is 1.